The van der Waals surface area contributed by atoms with Crippen molar-refractivity contribution in [1.82, 2.24) is 4.90 Å². The molecule has 0 aromatic heterocycles. The summed E-state index contributed by atoms with van der Waals surface area (Å²) in [7, 11) is 0. The molecule has 17 heavy (non-hydrogen) atoms. The Balaban J connectivity index is 2.51. The van der Waals surface area contributed by atoms with E-state index in [1.54, 1.807) is 0 Å². The Bertz CT molecular complexity index is 249. The molecule has 0 saturated carbocycles. The molecule has 0 aliphatic carbocycles. The smallest absolute Gasteiger partial charge is 0.301 e. The number of piperidine rings is 1. The zero-order chi connectivity index (χ0) is 13.3. The number of likely N-dealkylation sites (tertiary alicyclic amines) is 1. The lowest BCUT2D eigenvalue weighted by Gasteiger charge is -2.34. The van der Waals surface area contributed by atoms with Crippen LogP contribution < -0.4 is 0 Å². The van der Waals surface area contributed by atoms with Crippen LogP contribution in [0.5, 0.6) is 0 Å². The van der Waals surface area contributed by atoms with Crippen LogP contribution >= 0.6 is 15.9 Å². The highest BCUT2D eigenvalue weighted by atomic mass is 79.9. The molecule has 1 aliphatic heterocycles. The average molecular weight is 328 g/mol. The molecule has 1 nitrogen and oxygen atoms in total. The van der Waals surface area contributed by atoms with E-state index in [4.69, 9.17) is 0 Å². The summed E-state index contributed by atoms with van der Waals surface area (Å²) in [6.45, 7) is -0.497. The zero-order valence-electron chi connectivity index (χ0n) is 8.78. The first-order valence-corrected chi connectivity index (χ1v) is 6.02. The van der Waals surface area contributed by atoms with Crippen LogP contribution in [0.2, 0.25) is 0 Å². The zero-order valence-corrected chi connectivity index (χ0v) is 10.4. The molecule has 0 amide bonds. The number of hydrogen-bond donors (Lipinski definition) is 0. The second-order valence-electron chi connectivity index (χ2n) is 4.15. The van der Waals surface area contributed by atoms with Crippen LogP contribution in [0, 0.1) is 5.92 Å². The van der Waals surface area contributed by atoms with Gasteiger partial charge in [-0.05, 0) is 19.4 Å². The second kappa shape index (κ2) is 5.34. The number of nitrogens with zero attached hydrogens (tertiary/aromatic N) is 1. The Kier molecular flexibility index (Phi) is 4.73. The minimum absolute atomic E-state index is 0.00102. The number of rotatable bonds is 2. The Morgan fingerprint density at radius 3 is 2.24 bits per heavy atom. The maximum Gasteiger partial charge on any atom is 0.402 e. The van der Waals surface area contributed by atoms with Crippen molar-refractivity contribution >= 4 is 15.9 Å². The molecule has 1 fully saturated rings. The fourth-order valence-corrected chi connectivity index (χ4v) is 2.23. The fraction of sp³-hybridized carbons (Fsp3) is 1.00. The van der Waals surface area contributed by atoms with Gasteiger partial charge < -0.3 is 4.90 Å². The number of hydrogen-bond acceptors (Lipinski definition) is 1. The van der Waals surface area contributed by atoms with Crippen molar-refractivity contribution in [2.45, 2.75) is 30.0 Å². The lowest BCUT2D eigenvalue weighted by Crippen LogP contribution is -2.46. The Labute approximate surface area is 103 Å². The highest BCUT2D eigenvalue weighted by molar-refractivity contribution is 9.09. The van der Waals surface area contributed by atoms with Crippen molar-refractivity contribution in [3.05, 3.63) is 0 Å². The fourth-order valence-electron chi connectivity index (χ4n) is 1.82. The van der Waals surface area contributed by atoms with Crippen molar-refractivity contribution in [2.75, 3.05) is 19.6 Å². The van der Waals surface area contributed by atoms with Crippen LogP contribution in [-0.2, 0) is 0 Å². The minimum Gasteiger partial charge on any atom is -0.301 e. The molecule has 0 N–H and O–H groups in total. The van der Waals surface area contributed by atoms with E-state index in [-0.39, 0.29) is 25.9 Å². The van der Waals surface area contributed by atoms with Gasteiger partial charge in [-0.25, -0.2) is 0 Å². The molecule has 8 heteroatoms. The number of halogens is 7. The summed E-state index contributed by atoms with van der Waals surface area (Å²) < 4.78 is 74.0. The molecule has 0 aromatic carbocycles. The third-order valence-electron chi connectivity index (χ3n) is 2.74. The Morgan fingerprint density at radius 1 is 1.18 bits per heavy atom. The average Bonchev–Trinajstić information content (AvgIpc) is 2.15. The van der Waals surface area contributed by atoms with Crippen molar-refractivity contribution < 1.29 is 26.3 Å². The van der Waals surface area contributed by atoms with Gasteiger partial charge in [0.15, 0.2) is 0 Å². The first-order chi connectivity index (χ1) is 7.60. The first-order valence-electron chi connectivity index (χ1n) is 5.10. The molecular weight excluding hydrogens is 316 g/mol. The van der Waals surface area contributed by atoms with Crippen molar-refractivity contribution in [3.63, 3.8) is 0 Å². The van der Waals surface area contributed by atoms with Gasteiger partial charge in [0.2, 0.25) is 0 Å². The maximum atomic E-state index is 12.4. The van der Waals surface area contributed by atoms with Gasteiger partial charge in [0.05, 0.1) is 5.92 Å². The van der Waals surface area contributed by atoms with Gasteiger partial charge in [0.25, 0.3) is 0 Å². The standard InChI is InChI=1S/C9H12BrF6N/c10-7(9(14,15)16)5-17-3-1-2-6(4-17)8(11,12)13/h6-7H,1-5H2. The van der Waals surface area contributed by atoms with Crippen LogP contribution in [0.4, 0.5) is 26.3 Å². The highest BCUT2D eigenvalue weighted by Crippen LogP contribution is 2.34. The molecule has 1 aliphatic rings. The summed E-state index contributed by atoms with van der Waals surface area (Å²) in [4.78, 5) is -0.559. The van der Waals surface area contributed by atoms with E-state index in [2.05, 4.69) is 15.9 Å². The van der Waals surface area contributed by atoms with Gasteiger partial charge in [-0.2, -0.15) is 26.3 Å². The second-order valence-corrected chi connectivity index (χ2v) is 5.25. The van der Waals surface area contributed by atoms with Crippen molar-refractivity contribution in [1.29, 1.82) is 0 Å². The van der Waals surface area contributed by atoms with E-state index >= 15 is 0 Å². The third-order valence-corrected chi connectivity index (χ3v) is 3.55. The van der Waals surface area contributed by atoms with Gasteiger partial charge in [0, 0.05) is 13.1 Å². The minimum atomic E-state index is -4.43. The SMILES string of the molecule is FC(F)(F)C(Br)CN1CCCC(C(F)(F)F)C1. The van der Waals surface area contributed by atoms with E-state index in [1.807, 2.05) is 0 Å². The molecule has 0 radical (unpaired) electrons. The van der Waals surface area contributed by atoms with Crippen LogP contribution in [0.25, 0.3) is 0 Å². The predicted molar refractivity (Wildman–Crippen MR) is 54.0 cm³/mol. The van der Waals surface area contributed by atoms with E-state index in [0.717, 1.165) is 0 Å². The van der Waals surface area contributed by atoms with Gasteiger partial charge >= 0.3 is 12.4 Å². The Hall–Kier alpha value is 0.0200. The predicted octanol–water partition coefficient (Wildman–Crippen LogP) is 3.59. The van der Waals surface area contributed by atoms with E-state index in [9.17, 15) is 26.3 Å². The van der Waals surface area contributed by atoms with E-state index in [1.165, 1.54) is 4.90 Å². The molecule has 0 aromatic rings. The summed E-state index contributed by atoms with van der Waals surface area (Å²) in [6, 6.07) is 0. The summed E-state index contributed by atoms with van der Waals surface area (Å²) in [5.74, 6) is -1.51. The molecule has 1 saturated heterocycles. The van der Waals surface area contributed by atoms with Gasteiger partial charge in [-0.15, -0.1) is 0 Å². The summed E-state index contributed by atoms with van der Waals surface area (Å²) in [6.07, 6.45) is -8.47. The van der Waals surface area contributed by atoms with E-state index in [0.29, 0.717) is 0 Å². The molecule has 0 bridgehead atoms. The highest BCUT2D eigenvalue weighted by Gasteiger charge is 2.44. The first kappa shape index (κ1) is 15.1. The normalized spacial score (nSPS) is 25.9. The molecular formula is C9H12BrF6N. The van der Waals surface area contributed by atoms with Gasteiger partial charge in [-0.1, -0.05) is 15.9 Å². The monoisotopic (exact) mass is 327 g/mol. The quantitative estimate of drug-likeness (QED) is 0.553. The largest absolute Gasteiger partial charge is 0.402 e. The maximum absolute atomic E-state index is 12.4. The van der Waals surface area contributed by atoms with Crippen LogP contribution in [0.1, 0.15) is 12.8 Å². The van der Waals surface area contributed by atoms with Crippen LogP contribution in [0.3, 0.4) is 0 Å². The molecule has 1 heterocycles. The molecule has 102 valence electrons. The molecule has 0 spiro atoms. The van der Waals surface area contributed by atoms with Crippen LogP contribution in [-0.4, -0.2) is 41.7 Å². The van der Waals surface area contributed by atoms with Gasteiger partial charge in [-0.3, -0.25) is 0 Å². The van der Waals surface area contributed by atoms with E-state index < -0.39 is 29.6 Å². The van der Waals surface area contributed by atoms with Crippen molar-refractivity contribution in [2.24, 2.45) is 5.92 Å². The molecule has 1 rings (SSSR count). The summed E-state index contributed by atoms with van der Waals surface area (Å²) in [5.41, 5.74) is 0. The summed E-state index contributed by atoms with van der Waals surface area (Å²) in [5, 5.41) is 0. The lowest BCUT2D eigenvalue weighted by molar-refractivity contribution is -0.188. The topological polar surface area (TPSA) is 3.24 Å². The van der Waals surface area contributed by atoms with Gasteiger partial charge in [0.1, 0.15) is 4.83 Å². The molecule has 2 atom stereocenters. The van der Waals surface area contributed by atoms with Crippen LogP contribution in [0.15, 0.2) is 0 Å². The summed E-state index contributed by atoms with van der Waals surface area (Å²) >= 11 is 2.46. The third kappa shape index (κ3) is 4.65. The molecule has 2 unspecified atom stereocenters. The Morgan fingerprint density at radius 2 is 1.76 bits per heavy atom. The van der Waals surface area contributed by atoms with Crippen molar-refractivity contribution in [3.8, 4) is 0 Å². The lowest BCUT2D eigenvalue weighted by atomic mass is 9.97. The number of alkyl halides is 7.